The first-order chi connectivity index (χ1) is 10.3. The van der Waals surface area contributed by atoms with E-state index in [1.54, 1.807) is 7.11 Å². The highest BCUT2D eigenvalue weighted by molar-refractivity contribution is 5.79. The third kappa shape index (κ3) is 5.29. The monoisotopic (exact) mass is 289 g/mol. The summed E-state index contributed by atoms with van der Waals surface area (Å²) >= 11 is 0. The SMILES string of the molecule is CN=C(NCCc1cccc(OC)c1)NC1CCCCC1. The Morgan fingerprint density at radius 1 is 1.29 bits per heavy atom. The van der Waals surface area contributed by atoms with Gasteiger partial charge in [-0.25, -0.2) is 0 Å². The van der Waals surface area contributed by atoms with Crippen LogP contribution >= 0.6 is 0 Å². The van der Waals surface area contributed by atoms with Crippen LogP contribution in [0.5, 0.6) is 5.75 Å². The van der Waals surface area contributed by atoms with Gasteiger partial charge in [-0.3, -0.25) is 4.99 Å². The maximum absolute atomic E-state index is 5.25. The number of hydrogen-bond donors (Lipinski definition) is 2. The van der Waals surface area contributed by atoms with Gasteiger partial charge < -0.3 is 15.4 Å². The zero-order valence-corrected chi connectivity index (χ0v) is 13.2. The Morgan fingerprint density at radius 2 is 2.10 bits per heavy atom. The Balaban J connectivity index is 1.75. The standard InChI is InChI=1S/C17H27N3O/c1-18-17(20-15-8-4-3-5-9-15)19-12-11-14-7-6-10-16(13-14)21-2/h6-7,10,13,15H,3-5,8-9,11-12H2,1-2H3,(H2,18,19,20). The lowest BCUT2D eigenvalue weighted by molar-refractivity contribution is 0.410. The van der Waals surface area contributed by atoms with Crippen LogP contribution in [0.1, 0.15) is 37.7 Å². The first-order valence-electron chi connectivity index (χ1n) is 7.92. The lowest BCUT2D eigenvalue weighted by atomic mass is 9.96. The molecule has 1 aliphatic carbocycles. The number of nitrogens with one attached hydrogen (secondary N) is 2. The highest BCUT2D eigenvalue weighted by atomic mass is 16.5. The molecule has 1 saturated carbocycles. The van der Waals surface area contributed by atoms with Crippen molar-refractivity contribution in [3.8, 4) is 5.75 Å². The molecule has 1 fully saturated rings. The molecule has 0 heterocycles. The maximum atomic E-state index is 5.25. The zero-order valence-electron chi connectivity index (χ0n) is 13.2. The molecule has 116 valence electrons. The van der Waals surface area contributed by atoms with Crippen LogP contribution in [0.25, 0.3) is 0 Å². The fourth-order valence-electron chi connectivity index (χ4n) is 2.79. The largest absolute Gasteiger partial charge is 0.497 e. The Morgan fingerprint density at radius 3 is 2.81 bits per heavy atom. The highest BCUT2D eigenvalue weighted by Gasteiger charge is 2.14. The summed E-state index contributed by atoms with van der Waals surface area (Å²) in [5, 5.41) is 6.93. The van der Waals surface area contributed by atoms with E-state index in [1.807, 2.05) is 19.2 Å². The summed E-state index contributed by atoms with van der Waals surface area (Å²) in [6.07, 6.45) is 7.52. The smallest absolute Gasteiger partial charge is 0.191 e. The lowest BCUT2D eigenvalue weighted by Gasteiger charge is -2.24. The third-order valence-corrected chi connectivity index (χ3v) is 4.01. The fraction of sp³-hybridized carbons (Fsp3) is 0.588. The zero-order chi connectivity index (χ0) is 14.9. The number of rotatable bonds is 5. The Labute approximate surface area is 128 Å². The van der Waals surface area contributed by atoms with E-state index < -0.39 is 0 Å². The van der Waals surface area contributed by atoms with Gasteiger partial charge in [0.15, 0.2) is 5.96 Å². The van der Waals surface area contributed by atoms with Crippen LogP contribution in [0, 0.1) is 0 Å². The number of benzene rings is 1. The highest BCUT2D eigenvalue weighted by Crippen LogP contribution is 2.17. The normalized spacial score (nSPS) is 16.6. The molecular weight excluding hydrogens is 262 g/mol. The van der Waals surface area contributed by atoms with Crippen molar-refractivity contribution in [2.24, 2.45) is 4.99 Å². The molecular formula is C17H27N3O. The third-order valence-electron chi connectivity index (χ3n) is 4.01. The Kier molecular flexibility index (Phi) is 6.38. The molecule has 2 N–H and O–H groups in total. The number of guanidine groups is 1. The van der Waals surface area contributed by atoms with E-state index >= 15 is 0 Å². The van der Waals surface area contributed by atoms with Gasteiger partial charge >= 0.3 is 0 Å². The van der Waals surface area contributed by atoms with E-state index in [0.29, 0.717) is 6.04 Å². The Hall–Kier alpha value is -1.71. The number of aliphatic imine (C=N–C) groups is 1. The molecule has 4 nitrogen and oxygen atoms in total. The molecule has 0 unspecified atom stereocenters. The van der Waals surface area contributed by atoms with Crippen molar-refractivity contribution in [3.63, 3.8) is 0 Å². The van der Waals surface area contributed by atoms with Crippen LogP contribution in [0.4, 0.5) is 0 Å². The van der Waals surface area contributed by atoms with Crippen molar-refractivity contribution in [2.45, 2.75) is 44.6 Å². The number of ether oxygens (including phenoxy) is 1. The van der Waals surface area contributed by atoms with Gasteiger partial charge in [0.25, 0.3) is 0 Å². The van der Waals surface area contributed by atoms with Gasteiger partial charge in [-0.2, -0.15) is 0 Å². The van der Waals surface area contributed by atoms with E-state index in [2.05, 4.69) is 27.8 Å². The topological polar surface area (TPSA) is 45.7 Å². The van der Waals surface area contributed by atoms with Gasteiger partial charge in [-0.05, 0) is 37.0 Å². The van der Waals surface area contributed by atoms with Gasteiger partial charge in [-0.1, -0.05) is 31.4 Å². The molecule has 1 aliphatic rings. The van der Waals surface area contributed by atoms with Crippen molar-refractivity contribution in [2.75, 3.05) is 20.7 Å². The van der Waals surface area contributed by atoms with Crippen LogP contribution in [-0.4, -0.2) is 32.7 Å². The van der Waals surface area contributed by atoms with Gasteiger partial charge in [0.1, 0.15) is 5.75 Å². The van der Waals surface area contributed by atoms with Crippen LogP contribution in [0.2, 0.25) is 0 Å². The summed E-state index contributed by atoms with van der Waals surface area (Å²) < 4.78 is 5.25. The summed E-state index contributed by atoms with van der Waals surface area (Å²) in [4.78, 5) is 4.32. The van der Waals surface area contributed by atoms with Gasteiger partial charge in [-0.15, -0.1) is 0 Å². The molecule has 2 rings (SSSR count). The van der Waals surface area contributed by atoms with Crippen LogP contribution in [0.3, 0.4) is 0 Å². The average molecular weight is 289 g/mol. The van der Waals surface area contributed by atoms with Gasteiger partial charge in [0, 0.05) is 19.6 Å². The number of methoxy groups -OCH3 is 1. The second-order valence-corrected chi connectivity index (χ2v) is 5.58. The minimum atomic E-state index is 0.585. The van der Waals surface area contributed by atoms with Gasteiger partial charge in [0.2, 0.25) is 0 Å². The quantitative estimate of drug-likeness (QED) is 0.647. The molecule has 0 atom stereocenters. The second kappa shape index (κ2) is 8.55. The first kappa shape index (κ1) is 15.7. The molecule has 0 saturated heterocycles. The van der Waals surface area contributed by atoms with Crippen molar-refractivity contribution in [1.29, 1.82) is 0 Å². The molecule has 0 spiro atoms. The predicted molar refractivity (Wildman–Crippen MR) is 88.1 cm³/mol. The molecule has 0 aromatic heterocycles. The van der Waals surface area contributed by atoms with Crippen molar-refractivity contribution >= 4 is 5.96 Å². The summed E-state index contributed by atoms with van der Waals surface area (Å²) in [6.45, 7) is 0.875. The average Bonchev–Trinajstić information content (AvgIpc) is 2.55. The van der Waals surface area contributed by atoms with Crippen LogP contribution in [0.15, 0.2) is 29.3 Å². The van der Waals surface area contributed by atoms with Gasteiger partial charge in [0.05, 0.1) is 7.11 Å². The summed E-state index contributed by atoms with van der Waals surface area (Å²) in [7, 11) is 3.54. The van der Waals surface area contributed by atoms with Crippen LogP contribution < -0.4 is 15.4 Å². The minimum absolute atomic E-state index is 0.585. The molecule has 0 radical (unpaired) electrons. The van der Waals surface area contributed by atoms with E-state index in [-0.39, 0.29) is 0 Å². The van der Waals surface area contributed by atoms with E-state index in [1.165, 1.54) is 37.7 Å². The van der Waals surface area contributed by atoms with E-state index in [9.17, 15) is 0 Å². The van der Waals surface area contributed by atoms with E-state index in [0.717, 1.165) is 24.7 Å². The molecule has 1 aromatic carbocycles. The summed E-state index contributed by atoms with van der Waals surface area (Å²) in [5.74, 6) is 1.84. The second-order valence-electron chi connectivity index (χ2n) is 5.58. The van der Waals surface area contributed by atoms with Crippen molar-refractivity contribution < 1.29 is 4.74 Å². The Bertz CT molecular complexity index is 453. The fourth-order valence-corrected chi connectivity index (χ4v) is 2.79. The molecule has 1 aromatic rings. The summed E-state index contributed by atoms with van der Waals surface area (Å²) in [5.41, 5.74) is 1.27. The lowest BCUT2D eigenvalue weighted by Crippen LogP contribution is -2.44. The van der Waals surface area contributed by atoms with E-state index in [4.69, 9.17) is 4.74 Å². The molecule has 0 amide bonds. The predicted octanol–water partition coefficient (Wildman–Crippen LogP) is 2.74. The van der Waals surface area contributed by atoms with Crippen LogP contribution in [-0.2, 0) is 6.42 Å². The number of nitrogens with zero attached hydrogens (tertiary/aromatic N) is 1. The maximum Gasteiger partial charge on any atom is 0.191 e. The molecule has 0 bridgehead atoms. The summed E-state index contributed by atoms with van der Waals surface area (Å²) in [6, 6.07) is 8.80. The molecule has 0 aliphatic heterocycles. The minimum Gasteiger partial charge on any atom is -0.497 e. The molecule has 4 heteroatoms. The van der Waals surface area contributed by atoms with Crippen molar-refractivity contribution in [1.82, 2.24) is 10.6 Å². The number of hydrogen-bond acceptors (Lipinski definition) is 2. The molecule has 21 heavy (non-hydrogen) atoms. The first-order valence-corrected chi connectivity index (χ1v) is 7.92. The van der Waals surface area contributed by atoms with Crippen molar-refractivity contribution in [3.05, 3.63) is 29.8 Å².